The van der Waals surface area contributed by atoms with Crippen molar-refractivity contribution in [3.63, 3.8) is 0 Å². The monoisotopic (exact) mass is 287 g/mol. The van der Waals surface area contributed by atoms with Crippen molar-refractivity contribution in [2.24, 2.45) is 0 Å². The highest BCUT2D eigenvalue weighted by atomic mass is 19.4. The predicted molar refractivity (Wildman–Crippen MR) is 66.4 cm³/mol. The number of nitrogens with one attached hydrogen (secondary N) is 2. The Morgan fingerprint density at radius 1 is 1.30 bits per heavy atom. The van der Waals surface area contributed by atoms with Gasteiger partial charge in [0, 0.05) is 18.3 Å². The standard InChI is InChI=1S/C13H13F4N3/c1-2-18-7-8-5-9(13(15,16)17)12(10(14)6-8)11-3-4-19-20-11/h3-6,18H,2,7H2,1H3,(H,19,20). The number of halogens is 4. The first-order valence-electron chi connectivity index (χ1n) is 6.03. The van der Waals surface area contributed by atoms with Gasteiger partial charge in [-0.05, 0) is 30.3 Å². The van der Waals surface area contributed by atoms with Gasteiger partial charge in [0.25, 0.3) is 0 Å². The first-order valence-corrected chi connectivity index (χ1v) is 6.03. The fraction of sp³-hybridized carbons (Fsp3) is 0.308. The molecule has 0 bridgehead atoms. The maximum Gasteiger partial charge on any atom is 0.417 e. The molecule has 1 aromatic heterocycles. The van der Waals surface area contributed by atoms with E-state index in [1.54, 1.807) is 0 Å². The first kappa shape index (κ1) is 14.5. The van der Waals surface area contributed by atoms with E-state index in [2.05, 4.69) is 15.5 Å². The topological polar surface area (TPSA) is 40.7 Å². The Balaban J connectivity index is 2.56. The van der Waals surface area contributed by atoms with E-state index in [4.69, 9.17) is 0 Å². The van der Waals surface area contributed by atoms with Crippen molar-refractivity contribution in [2.75, 3.05) is 6.54 Å². The Labute approximate surface area is 113 Å². The maximum atomic E-state index is 14.1. The van der Waals surface area contributed by atoms with Crippen molar-refractivity contribution in [1.29, 1.82) is 0 Å². The van der Waals surface area contributed by atoms with Crippen LogP contribution in [0.4, 0.5) is 17.6 Å². The van der Waals surface area contributed by atoms with E-state index in [-0.39, 0.29) is 17.8 Å². The van der Waals surface area contributed by atoms with Crippen LogP contribution in [-0.2, 0) is 12.7 Å². The molecule has 0 saturated heterocycles. The van der Waals surface area contributed by atoms with Crippen LogP contribution in [0.1, 0.15) is 18.1 Å². The second-order valence-electron chi connectivity index (χ2n) is 4.25. The van der Waals surface area contributed by atoms with Gasteiger partial charge in [0.15, 0.2) is 0 Å². The molecule has 2 N–H and O–H groups in total. The third-order valence-electron chi connectivity index (χ3n) is 2.80. The normalized spacial score (nSPS) is 11.8. The van der Waals surface area contributed by atoms with E-state index in [1.165, 1.54) is 12.3 Å². The van der Waals surface area contributed by atoms with E-state index < -0.39 is 23.1 Å². The molecule has 108 valence electrons. The van der Waals surface area contributed by atoms with Crippen LogP contribution in [0.2, 0.25) is 0 Å². The minimum absolute atomic E-state index is 0.00447. The zero-order chi connectivity index (χ0) is 14.8. The molecule has 0 aliphatic rings. The van der Waals surface area contributed by atoms with E-state index in [9.17, 15) is 17.6 Å². The molecule has 0 spiro atoms. The number of aromatic amines is 1. The molecule has 0 atom stereocenters. The Morgan fingerprint density at radius 2 is 2.05 bits per heavy atom. The average Bonchev–Trinajstić information content (AvgIpc) is 2.88. The van der Waals surface area contributed by atoms with Gasteiger partial charge in [-0.15, -0.1) is 0 Å². The SMILES string of the molecule is CCNCc1cc(F)c(-c2ccn[nH]2)c(C(F)(F)F)c1. The van der Waals surface area contributed by atoms with E-state index >= 15 is 0 Å². The van der Waals surface area contributed by atoms with Crippen LogP contribution in [0.15, 0.2) is 24.4 Å². The maximum absolute atomic E-state index is 14.1. The number of benzene rings is 1. The van der Waals surface area contributed by atoms with Crippen molar-refractivity contribution < 1.29 is 17.6 Å². The summed E-state index contributed by atoms with van der Waals surface area (Å²) >= 11 is 0. The highest BCUT2D eigenvalue weighted by molar-refractivity contribution is 5.65. The third kappa shape index (κ3) is 2.98. The smallest absolute Gasteiger partial charge is 0.313 e. The fourth-order valence-corrected chi connectivity index (χ4v) is 1.93. The largest absolute Gasteiger partial charge is 0.417 e. The molecule has 0 radical (unpaired) electrons. The lowest BCUT2D eigenvalue weighted by Crippen LogP contribution is -2.15. The molecule has 0 unspecified atom stereocenters. The van der Waals surface area contributed by atoms with E-state index in [0.29, 0.717) is 6.54 Å². The summed E-state index contributed by atoms with van der Waals surface area (Å²) in [7, 11) is 0. The average molecular weight is 287 g/mol. The number of hydrogen-bond donors (Lipinski definition) is 2. The fourth-order valence-electron chi connectivity index (χ4n) is 1.93. The lowest BCUT2D eigenvalue weighted by molar-refractivity contribution is -0.137. The highest BCUT2D eigenvalue weighted by Crippen LogP contribution is 2.38. The summed E-state index contributed by atoms with van der Waals surface area (Å²) in [6.45, 7) is 2.59. The lowest BCUT2D eigenvalue weighted by Gasteiger charge is -2.15. The number of H-pyrrole nitrogens is 1. The van der Waals surface area contributed by atoms with Gasteiger partial charge in [-0.2, -0.15) is 18.3 Å². The zero-order valence-corrected chi connectivity index (χ0v) is 10.7. The molecule has 0 saturated carbocycles. The second-order valence-corrected chi connectivity index (χ2v) is 4.25. The van der Waals surface area contributed by atoms with Gasteiger partial charge in [0.1, 0.15) is 5.82 Å². The third-order valence-corrected chi connectivity index (χ3v) is 2.80. The van der Waals surface area contributed by atoms with Crippen LogP contribution in [0, 0.1) is 5.82 Å². The molecule has 3 nitrogen and oxygen atoms in total. The summed E-state index contributed by atoms with van der Waals surface area (Å²) in [6.07, 6.45) is -3.36. The van der Waals surface area contributed by atoms with Gasteiger partial charge in [0.2, 0.25) is 0 Å². The van der Waals surface area contributed by atoms with Gasteiger partial charge in [-0.25, -0.2) is 4.39 Å². The van der Waals surface area contributed by atoms with Gasteiger partial charge in [-0.1, -0.05) is 6.92 Å². The molecule has 1 heterocycles. The van der Waals surface area contributed by atoms with E-state index in [1.807, 2.05) is 6.92 Å². The van der Waals surface area contributed by atoms with Crippen LogP contribution in [0.25, 0.3) is 11.3 Å². The minimum atomic E-state index is -4.64. The molecule has 20 heavy (non-hydrogen) atoms. The van der Waals surface area contributed by atoms with Gasteiger partial charge >= 0.3 is 6.18 Å². The van der Waals surface area contributed by atoms with Crippen LogP contribution in [-0.4, -0.2) is 16.7 Å². The minimum Gasteiger partial charge on any atom is -0.313 e. The summed E-state index contributed by atoms with van der Waals surface area (Å²) < 4.78 is 53.4. The molecule has 0 aliphatic heterocycles. The number of rotatable bonds is 4. The van der Waals surface area contributed by atoms with Crippen LogP contribution < -0.4 is 5.32 Å². The van der Waals surface area contributed by atoms with Gasteiger partial charge in [-0.3, -0.25) is 5.10 Å². The summed E-state index contributed by atoms with van der Waals surface area (Å²) in [6, 6.07) is 3.37. The molecule has 2 aromatic rings. The number of nitrogens with zero attached hydrogens (tertiary/aromatic N) is 1. The molecule has 0 aliphatic carbocycles. The van der Waals surface area contributed by atoms with Crippen molar-refractivity contribution in [1.82, 2.24) is 15.5 Å². The molecule has 0 fully saturated rings. The van der Waals surface area contributed by atoms with Crippen LogP contribution >= 0.6 is 0 Å². The Hall–Kier alpha value is -1.89. The first-order chi connectivity index (χ1) is 9.43. The molecule has 2 rings (SSSR count). The Kier molecular flexibility index (Phi) is 4.08. The van der Waals surface area contributed by atoms with Crippen molar-refractivity contribution in [2.45, 2.75) is 19.6 Å². The number of hydrogen-bond acceptors (Lipinski definition) is 2. The van der Waals surface area contributed by atoms with E-state index in [0.717, 1.165) is 12.1 Å². The molecule has 1 aromatic carbocycles. The summed E-state index contributed by atoms with van der Waals surface area (Å²) in [4.78, 5) is 0. The molecular formula is C13H13F4N3. The summed E-state index contributed by atoms with van der Waals surface area (Å²) in [5.74, 6) is -0.919. The number of aromatic nitrogens is 2. The summed E-state index contributed by atoms with van der Waals surface area (Å²) in [5.41, 5.74) is -1.25. The van der Waals surface area contributed by atoms with Crippen LogP contribution in [0.3, 0.4) is 0 Å². The lowest BCUT2D eigenvalue weighted by atomic mass is 10.00. The van der Waals surface area contributed by atoms with Crippen LogP contribution in [0.5, 0.6) is 0 Å². The Morgan fingerprint density at radius 3 is 2.60 bits per heavy atom. The summed E-state index contributed by atoms with van der Waals surface area (Å²) in [5, 5.41) is 8.80. The van der Waals surface area contributed by atoms with Gasteiger partial charge in [0.05, 0.1) is 11.3 Å². The molecular weight excluding hydrogens is 274 g/mol. The quantitative estimate of drug-likeness (QED) is 0.847. The van der Waals surface area contributed by atoms with Gasteiger partial charge < -0.3 is 5.32 Å². The van der Waals surface area contributed by atoms with Crippen molar-refractivity contribution in [3.05, 3.63) is 41.3 Å². The van der Waals surface area contributed by atoms with Crippen molar-refractivity contribution >= 4 is 0 Å². The second kappa shape index (κ2) is 5.62. The molecule has 7 heteroatoms. The zero-order valence-electron chi connectivity index (χ0n) is 10.7. The predicted octanol–water partition coefficient (Wildman–Crippen LogP) is 3.34. The number of alkyl halides is 3. The van der Waals surface area contributed by atoms with Crippen molar-refractivity contribution in [3.8, 4) is 11.3 Å². The highest BCUT2D eigenvalue weighted by Gasteiger charge is 2.36. The molecule has 0 amide bonds. The Bertz CT molecular complexity index is 576.